The van der Waals surface area contributed by atoms with Gasteiger partial charge in [0.15, 0.2) is 0 Å². The lowest BCUT2D eigenvalue weighted by atomic mass is 10.2. The lowest BCUT2D eigenvalue weighted by molar-refractivity contribution is -0.183. The van der Waals surface area contributed by atoms with Crippen LogP contribution in [0.1, 0.15) is 19.3 Å². The molecule has 1 N–H and O–H groups in total. The van der Waals surface area contributed by atoms with Gasteiger partial charge in [-0.15, -0.1) is 0 Å². The summed E-state index contributed by atoms with van der Waals surface area (Å²) < 4.78 is 22.2. The van der Waals surface area contributed by atoms with Crippen LogP contribution in [0.25, 0.3) is 0 Å². The average Bonchev–Trinajstić information content (AvgIpc) is 2.40. The van der Waals surface area contributed by atoms with E-state index in [0.29, 0.717) is 0 Å². The zero-order chi connectivity index (χ0) is 12.7. The van der Waals surface area contributed by atoms with Crippen LogP contribution < -0.4 is 0 Å². The Morgan fingerprint density at radius 1 is 0.938 bits per heavy atom. The topological polar surface area (TPSA) is 57.2 Å². The first-order valence-corrected chi connectivity index (χ1v) is 7.38. The van der Waals surface area contributed by atoms with E-state index in [-0.39, 0.29) is 0 Å². The summed E-state index contributed by atoms with van der Waals surface area (Å²) >= 11 is 0. The molecule has 1 saturated heterocycles. The summed E-state index contributed by atoms with van der Waals surface area (Å²) in [6.07, 6.45) is 3.08. The lowest BCUT2D eigenvalue weighted by Gasteiger charge is -2.46. The molecule has 0 spiro atoms. The summed E-state index contributed by atoms with van der Waals surface area (Å²) in [5, 5.41) is 7.00. The van der Waals surface area contributed by atoms with Gasteiger partial charge in [-0.3, -0.25) is 0 Å². The van der Waals surface area contributed by atoms with Gasteiger partial charge in [0.2, 0.25) is 5.41 Å². The Labute approximate surface area is 98.9 Å². The van der Waals surface area contributed by atoms with Gasteiger partial charge in [-0.05, 0) is 12.5 Å². The molecule has 1 aliphatic rings. The van der Waals surface area contributed by atoms with E-state index in [0.717, 1.165) is 32.4 Å². The molecule has 5 nitrogen and oxygen atoms in total. The molecule has 1 heterocycles. The van der Waals surface area contributed by atoms with Gasteiger partial charge in [-0.25, -0.2) is 0 Å². The van der Waals surface area contributed by atoms with Crippen LogP contribution in [0.2, 0.25) is 6.04 Å². The highest BCUT2D eigenvalue weighted by atomic mass is 28.4. The second kappa shape index (κ2) is 7.36. The van der Waals surface area contributed by atoms with E-state index in [9.17, 15) is 0 Å². The second-order valence-electron chi connectivity index (χ2n) is 3.53. The highest BCUT2D eigenvalue weighted by Crippen LogP contribution is 2.40. The van der Waals surface area contributed by atoms with Crippen LogP contribution in [0.3, 0.4) is 0 Å². The van der Waals surface area contributed by atoms with E-state index in [1.807, 2.05) is 0 Å². The Hall–Kier alpha value is 0.0169. The quantitative estimate of drug-likeness (QED) is 0.598. The molecule has 1 aliphatic heterocycles. The minimum atomic E-state index is -2.35. The molecule has 0 aliphatic carbocycles. The molecule has 0 saturated carbocycles. The van der Waals surface area contributed by atoms with Gasteiger partial charge in [0, 0.05) is 42.0 Å². The third-order valence-corrected chi connectivity index (χ3v) is 7.31. The van der Waals surface area contributed by atoms with E-state index >= 15 is 0 Å². The van der Waals surface area contributed by atoms with Gasteiger partial charge in [-0.1, -0.05) is 6.42 Å². The first-order chi connectivity index (χ1) is 7.70. The smallest absolute Gasteiger partial charge is 0.399 e. The fourth-order valence-electron chi connectivity index (χ4n) is 2.29. The summed E-state index contributed by atoms with van der Waals surface area (Å²) in [5.74, 6) is 0. The van der Waals surface area contributed by atoms with Crippen molar-refractivity contribution in [1.29, 1.82) is 0 Å². The Kier molecular flexibility index (Phi) is 7.37. The number of rotatable bonds is 4. The maximum absolute atomic E-state index is 7.00. The molecular formula is C10H24O5Si. The monoisotopic (exact) mass is 252 g/mol. The zero-order valence-electron chi connectivity index (χ0n) is 10.9. The van der Waals surface area contributed by atoms with Crippen molar-refractivity contribution < 1.29 is 23.4 Å². The maximum Gasteiger partial charge on any atom is 0.399 e. The van der Waals surface area contributed by atoms with Crippen LogP contribution >= 0.6 is 0 Å². The fourth-order valence-corrected chi connectivity index (χ4v) is 5.77. The molecule has 0 unspecified atom stereocenters. The van der Waals surface area contributed by atoms with Gasteiger partial charge in [-0.2, -0.15) is 0 Å². The summed E-state index contributed by atoms with van der Waals surface area (Å²) in [7, 11) is 5.34. The predicted octanol–water partition coefficient (Wildman–Crippen LogP) is 1.04. The van der Waals surface area contributed by atoms with Gasteiger partial charge < -0.3 is 23.4 Å². The van der Waals surface area contributed by atoms with E-state index in [1.165, 1.54) is 0 Å². The van der Waals surface area contributed by atoms with Crippen LogP contribution in [0.5, 0.6) is 0 Å². The van der Waals surface area contributed by atoms with Crippen molar-refractivity contribution in [2.45, 2.75) is 30.7 Å². The molecule has 1 rings (SSSR count). The SMILES string of the molecule is CO.COC1(OC)CCCC[Si]1(OC)OC. The van der Waals surface area contributed by atoms with Crippen LogP contribution in [-0.2, 0) is 18.3 Å². The van der Waals surface area contributed by atoms with Crippen molar-refractivity contribution in [2.24, 2.45) is 0 Å². The molecule has 0 aromatic rings. The standard InChI is InChI=1S/C9H20O4Si.CH4O/c1-10-9(11-2)7-5-6-8-14(9,12-3)13-4;1-2/h5-8H2,1-4H3;2H,1H3. The van der Waals surface area contributed by atoms with Crippen molar-refractivity contribution >= 4 is 8.56 Å². The van der Waals surface area contributed by atoms with Gasteiger partial charge >= 0.3 is 8.56 Å². The van der Waals surface area contributed by atoms with E-state index < -0.39 is 14.0 Å². The van der Waals surface area contributed by atoms with Crippen molar-refractivity contribution in [3.05, 3.63) is 0 Å². The second-order valence-corrected chi connectivity index (χ2v) is 7.11. The number of aliphatic hydroxyl groups excluding tert-OH is 1. The Balaban J connectivity index is 0.00000106. The van der Waals surface area contributed by atoms with Gasteiger partial charge in [0.25, 0.3) is 0 Å². The van der Waals surface area contributed by atoms with E-state index in [1.54, 1.807) is 28.4 Å². The van der Waals surface area contributed by atoms with Crippen LogP contribution in [0.4, 0.5) is 0 Å². The van der Waals surface area contributed by atoms with Gasteiger partial charge in [0.1, 0.15) is 0 Å². The van der Waals surface area contributed by atoms with Crippen molar-refractivity contribution in [1.82, 2.24) is 0 Å². The number of methoxy groups -OCH3 is 2. The molecule has 0 bridgehead atoms. The molecule has 0 radical (unpaired) electrons. The summed E-state index contributed by atoms with van der Waals surface area (Å²) in [5.41, 5.74) is -0.630. The zero-order valence-corrected chi connectivity index (χ0v) is 11.9. The average molecular weight is 252 g/mol. The first kappa shape index (κ1) is 16.0. The summed E-state index contributed by atoms with van der Waals surface area (Å²) in [6, 6.07) is 0.932. The molecule has 0 atom stereocenters. The molecule has 0 aromatic heterocycles. The lowest BCUT2D eigenvalue weighted by Crippen LogP contribution is -2.65. The summed E-state index contributed by atoms with van der Waals surface area (Å²) in [6.45, 7) is 0. The molecule has 98 valence electrons. The molecule has 16 heavy (non-hydrogen) atoms. The van der Waals surface area contributed by atoms with Crippen LogP contribution in [0, 0.1) is 0 Å². The Morgan fingerprint density at radius 3 is 1.75 bits per heavy atom. The number of ether oxygens (including phenoxy) is 2. The largest absolute Gasteiger partial charge is 0.400 e. The van der Waals surface area contributed by atoms with Crippen molar-refractivity contribution in [2.75, 3.05) is 35.5 Å². The normalized spacial score (nSPS) is 22.1. The minimum absolute atomic E-state index is 0.630. The minimum Gasteiger partial charge on any atom is -0.400 e. The Morgan fingerprint density at radius 2 is 1.44 bits per heavy atom. The molecule has 1 fully saturated rings. The number of hydrogen-bond donors (Lipinski definition) is 1. The predicted molar refractivity (Wildman–Crippen MR) is 63.3 cm³/mol. The van der Waals surface area contributed by atoms with E-state index in [4.69, 9.17) is 23.4 Å². The van der Waals surface area contributed by atoms with Crippen LogP contribution in [0.15, 0.2) is 0 Å². The van der Waals surface area contributed by atoms with Crippen molar-refractivity contribution in [3.8, 4) is 0 Å². The number of aliphatic hydroxyl groups is 1. The molecule has 6 heteroatoms. The Bertz CT molecular complexity index is 160. The fraction of sp³-hybridized carbons (Fsp3) is 1.00. The van der Waals surface area contributed by atoms with Crippen LogP contribution in [-0.4, -0.2) is 54.6 Å². The van der Waals surface area contributed by atoms with Gasteiger partial charge in [0.05, 0.1) is 0 Å². The molecule has 0 aromatic carbocycles. The number of hydrogen-bond acceptors (Lipinski definition) is 5. The van der Waals surface area contributed by atoms with Crippen molar-refractivity contribution in [3.63, 3.8) is 0 Å². The molecular weight excluding hydrogens is 228 g/mol. The summed E-state index contributed by atoms with van der Waals surface area (Å²) in [4.78, 5) is 0. The molecule has 0 amide bonds. The maximum atomic E-state index is 7.00. The highest BCUT2D eigenvalue weighted by Gasteiger charge is 2.60. The highest BCUT2D eigenvalue weighted by molar-refractivity contribution is 6.70. The third kappa shape index (κ3) is 2.64. The first-order valence-electron chi connectivity index (χ1n) is 5.35. The third-order valence-electron chi connectivity index (χ3n) is 3.16. The van der Waals surface area contributed by atoms with E-state index in [2.05, 4.69) is 0 Å².